The molecule has 0 atom stereocenters. The van der Waals surface area contributed by atoms with Crippen molar-refractivity contribution in [2.75, 3.05) is 26.2 Å². The summed E-state index contributed by atoms with van der Waals surface area (Å²) in [5.74, 6) is -0.823. The second-order valence-electron chi connectivity index (χ2n) is 5.23. The smallest absolute Gasteiger partial charge is 0.133 e. The Kier molecular flexibility index (Phi) is 4.28. The summed E-state index contributed by atoms with van der Waals surface area (Å²) in [6.07, 6.45) is 0. The van der Waals surface area contributed by atoms with Gasteiger partial charge in [-0.15, -0.1) is 11.3 Å². The number of hydrogen-bond donors (Lipinski definition) is 1. The largest absolute Gasteiger partial charge is 0.314 e. The fourth-order valence-electron chi connectivity index (χ4n) is 2.41. The van der Waals surface area contributed by atoms with Gasteiger partial charge in [0.25, 0.3) is 0 Å². The molecule has 2 heterocycles. The molecule has 0 bridgehead atoms. The van der Waals surface area contributed by atoms with Gasteiger partial charge >= 0.3 is 0 Å². The molecule has 1 saturated heterocycles. The molecular weight excluding hydrogens is 292 g/mol. The highest BCUT2D eigenvalue weighted by Crippen LogP contribution is 2.27. The number of aryl methyl sites for hydroxylation is 1. The van der Waals surface area contributed by atoms with E-state index in [-0.39, 0.29) is 5.56 Å². The maximum absolute atomic E-state index is 14.0. The minimum Gasteiger partial charge on any atom is -0.314 e. The van der Waals surface area contributed by atoms with Crippen molar-refractivity contribution in [3.63, 3.8) is 0 Å². The lowest BCUT2D eigenvalue weighted by Crippen LogP contribution is -2.42. The second-order valence-corrected chi connectivity index (χ2v) is 6.18. The summed E-state index contributed by atoms with van der Waals surface area (Å²) in [6.45, 7) is 6.26. The summed E-state index contributed by atoms with van der Waals surface area (Å²) in [7, 11) is 0. The average molecular weight is 309 g/mol. The number of nitrogens with zero attached hydrogens (tertiary/aromatic N) is 2. The molecule has 0 spiro atoms. The van der Waals surface area contributed by atoms with Gasteiger partial charge in [-0.05, 0) is 24.6 Å². The van der Waals surface area contributed by atoms with E-state index in [4.69, 9.17) is 0 Å². The number of piperazine rings is 1. The van der Waals surface area contributed by atoms with Gasteiger partial charge < -0.3 is 5.32 Å². The van der Waals surface area contributed by atoms with Crippen molar-refractivity contribution in [1.29, 1.82) is 0 Å². The SMILES string of the molecule is Cc1cc(F)c(-c2csc(CN3CCNCC3)n2)cc1F. The highest BCUT2D eigenvalue weighted by atomic mass is 32.1. The minimum absolute atomic E-state index is 0.237. The highest BCUT2D eigenvalue weighted by Gasteiger charge is 2.15. The number of benzene rings is 1. The molecule has 0 amide bonds. The van der Waals surface area contributed by atoms with Crippen LogP contribution in [-0.4, -0.2) is 36.1 Å². The topological polar surface area (TPSA) is 28.2 Å². The van der Waals surface area contributed by atoms with E-state index in [0.29, 0.717) is 11.3 Å². The molecule has 6 heteroatoms. The van der Waals surface area contributed by atoms with Gasteiger partial charge in [0.05, 0.1) is 12.2 Å². The Balaban J connectivity index is 1.79. The van der Waals surface area contributed by atoms with Crippen LogP contribution in [0.5, 0.6) is 0 Å². The van der Waals surface area contributed by atoms with Crippen LogP contribution >= 0.6 is 11.3 Å². The molecule has 0 unspecified atom stereocenters. The lowest BCUT2D eigenvalue weighted by molar-refractivity contribution is 0.233. The van der Waals surface area contributed by atoms with Crippen molar-refractivity contribution >= 4 is 11.3 Å². The van der Waals surface area contributed by atoms with Gasteiger partial charge in [-0.2, -0.15) is 0 Å². The normalized spacial score (nSPS) is 16.3. The molecule has 2 aromatic rings. The fourth-order valence-corrected chi connectivity index (χ4v) is 3.25. The van der Waals surface area contributed by atoms with Crippen molar-refractivity contribution in [3.05, 3.63) is 39.7 Å². The predicted molar refractivity (Wildman–Crippen MR) is 80.3 cm³/mol. The van der Waals surface area contributed by atoms with Gasteiger partial charge in [-0.25, -0.2) is 13.8 Å². The zero-order valence-corrected chi connectivity index (χ0v) is 12.6. The van der Waals surface area contributed by atoms with Crippen LogP contribution in [0.4, 0.5) is 8.78 Å². The zero-order chi connectivity index (χ0) is 14.8. The van der Waals surface area contributed by atoms with E-state index >= 15 is 0 Å². The first-order chi connectivity index (χ1) is 10.1. The number of nitrogens with one attached hydrogen (secondary N) is 1. The first-order valence-electron chi connectivity index (χ1n) is 6.97. The molecule has 0 aliphatic carbocycles. The number of aromatic nitrogens is 1. The van der Waals surface area contributed by atoms with Crippen LogP contribution in [0, 0.1) is 18.6 Å². The van der Waals surface area contributed by atoms with E-state index in [1.165, 1.54) is 23.5 Å². The van der Waals surface area contributed by atoms with Gasteiger partial charge in [0.15, 0.2) is 0 Å². The molecule has 1 N–H and O–H groups in total. The summed E-state index contributed by atoms with van der Waals surface area (Å²) < 4.78 is 27.6. The predicted octanol–water partition coefficient (Wildman–Crippen LogP) is 2.80. The van der Waals surface area contributed by atoms with E-state index in [0.717, 1.165) is 37.7 Å². The Labute approximate surface area is 126 Å². The summed E-state index contributed by atoms with van der Waals surface area (Å²) in [5, 5.41) is 6.03. The van der Waals surface area contributed by atoms with E-state index in [9.17, 15) is 8.78 Å². The molecule has 0 radical (unpaired) electrons. The van der Waals surface area contributed by atoms with Crippen LogP contribution < -0.4 is 5.32 Å². The van der Waals surface area contributed by atoms with Gasteiger partial charge in [-0.1, -0.05) is 0 Å². The van der Waals surface area contributed by atoms with Gasteiger partial charge in [0.2, 0.25) is 0 Å². The molecule has 1 aromatic heterocycles. The number of thiazole rings is 1. The van der Waals surface area contributed by atoms with Crippen molar-refractivity contribution in [3.8, 4) is 11.3 Å². The summed E-state index contributed by atoms with van der Waals surface area (Å²) >= 11 is 1.49. The van der Waals surface area contributed by atoms with Crippen LogP contribution in [0.15, 0.2) is 17.5 Å². The Hall–Kier alpha value is -1.37. The molecule has 1 fully saturated rings. The Morgan fingerprint density at radius 3 is 2.76 bits per heavy atom. The third-order valence-electron chi connectivity index (χ3n) is 3.64. The van der Waals surface area contributed by atoms with E-state index in [1.54, 1.807) is 12.3 Å². The molecule has 3 nitrogen and oxygen atoms in total. The van der Waals surface area contributed by atoms with Crippen LogP contribution in [0.25, 0.3) is 11.3 Å². The quantitative estimate of drug-likeness (QED) is 0.945. The first kappa shape index (κ1) is 14.6. The van der Waals surface area contributed by atoms with Crippen LogP contribution in [0.3, 0.4) is 0 Å². The number of halogens is 2. The molecule has 21 heavy (non-hydrogen) atoms. The Bertz CT molecular complexity index is 636. The van der Waals surface area contributed by atoms with Crippen LogP contribution in [0.1, 0.15) is 10.6 Å². The standard InChI is InChI=1S/C15H17F2N3S/c1-10-6-13(17)11(7-12(10)16)14-9-21-15(19-14)8-20-4-2-18-3-5-20/h6-7,9,18H,2-5,8H2,1H3. The van der Waals surface area contributed by atoms with Gasteiger partial charge in [0.1, 0.15) is 16.6 Å². The average Bonchev–Trinajstić information content (AvgIpc) is 2.92. The van der Waals surface area contributed by atoms with Crippen molar-refractivity contribution in [1.82, 2.24) is 15.2 Å². The van der Waals surface area contributed by atoms with Crippen molar-refractivity contribution < 1.29 is 8.78 Å². The third kappa shape index (κ3) is 3.28. The monoisotopic (exact) mass is 309 g/mol. The highest BCUT2D eigenvalue weighted by molar-refractivity contribution is 7.09. The molecule has 1 aromatic carbocycles. The van der Waals surface area contributed by atoms with Crippen LogP contribution in [-0.2, 0) is 6.54 Å². The van der Waals surface area contributed by atoms with E-state index < -0.39 is 11.6 Å². The number of hydrogen-bond acceptors (Lipinski definition) is 4. The minimum atomic E-state index is -0.423. The van der Waals surface area contributed by atoms with Crippen molar-refractivity contribution in [2.45, 2.75) is 13.5 Å². The molecule has 0 saturated carbocycles. The molecule has 1 aliphatic rings. The summed E-state index contributed by atoms with van der Waals surface area (Å²) in [4.78, 5) is 6.77. The molecule has 112 valence electrons. The Morgan fingerprint density at radius 1 is 1.24 bits per heavy atom. The fraction of sp³-hybridized carbons (Fsp3) is 0.400. The number of rotatable bonds is 3. The van der Waals surface area contributed by atoms with Crippen molar-refractivity contribution in [2.24, 2.45) is 0 Å². The molecular formula is C15H17F2N3S. The van der Waals surface area contributed by atoms with Crippen LogP contribution in [0.2, 0.25) is 0 Å². The first-order valence-corrected chi connectivity index (χ1v) is 7.85. The van der Waals surface area contributed by atoms with E-state index in [1.807, 2.05) is 0 Å². The molecule has 3 rings (SSSR count). The maximum atomic E-state index is 14.0. The lowest BCUT2D eigenvalue weighted by Gasteiger charge is -2.26. The Morgan fingerprint density at radius 2 is 2.00 bits per heavy atom. The summed E-state index contributed by atoms with van der Waals surface area (Å²) in [6, 6.07) is 2.45. The van der Waals surface area contributed by atoms with Gasteiger partial charge in [-0.3, -0.25) is 4.90 Å². The van der Waals surface area contributed by atoms with E-state index in [2.05, 4.69) is 15.2 Å². The second kappa shape index (κ2) is 6.17. The zero-order valence-electron chi connectivity index (χ0n) is 11.8. The third-order valence-corrected chi connectivity index (χ3v) is 4.48. The lowest BCUT2D eigenvalue weighted by atomic mass is 10.1. The molecule has 1 aliphatic heterocycles. The summed E-state index contributed by atoms with van der Waals surface area (Å²) in [5.41, 5.74) is 1.06. The van der Waals surface area contributed by atoms with Gasteiger partial charge in [0, 0.05) is 37.1 Å². The maximum Gasteiger partial charge on any atom is 0.133 e.